The van der Waals surface area contributed by atoms with Crippen molar-refractivity contribution in [2.24, 2.45) is 0 Å². The Morgan fingerprint density at radius 3 is 2.76 bits per heavy atom. The van der Waals surface area contributed by atoms with Crippen LogP contribution < -0.4 is 5.56 Å². The molecule has 5 rings (SSSR count). The minimum absolute atomic E-state index is 0.0493. The highest BCUT2D eigenvalue weighted by atomic mass is 19.1. The van der Waals surface area contributed by atoms with Crippen LogP contribution >= 0.6 is 0 Å². The molecule has 33 heavy (non-hydrogen) atoms. The number of carbonyl (C=O) groups excluding carboxylic acids is 1. The van der Waals surface area contributed by atoms with Crippen molar-refractivity contribution in [3.8, 4) is 0 Å². The summed E-state index contributed by atoms with van der Waals surface area (Å²) < 4.78 is 14.3. The summed E-state index contributed by atoms with van der Waals surface area (Å²) in [5.41, 5.74) is 2.55. The molecule has 1 atom stereocenters. The summed E-state index contributed by atoms with van der Waals surface area (Å²) in [7, 11) is 0. The first-order valence-electron chi connectivity index (χ1n) is 11.4. The molecule has 1 amide bonds. The number of fused-ring (bicyclic) bond motifs is 1. The largest absolute Gasteiger partial charge is 0.328 e. The van der Waals surface area contributed by atoms with Crippen molar-refractivity contribution in [3.63, 3.8) is 0 Å². The number of nitrogens with zero attached hydrogens (tertiary/aromatic N) is 4. The Bertz CT molecular complexity index is 1210. The molecule has 0 saturated carbocycles. The van der Waals surface area contributed by atoms with Crippen molar-refractivity contribution in [3.05, 3.63) is 93.2 Å². The number of pyridine rings is 1. The van der Waals surface area contributed by atoms with Crippen molar-refractivity contribution in [2.45, 2.75) is 44.8 Å². The molecule has 170 valence electrons. The van der Waals surface area contributed by atoms with Crippen LogP contribution in [0.1, 0.15) is 58.3 Å². The van der Waals surface area contributed by atoms with E-state index in [1.165, 1.54) is 12.1 Å². The van der Waals surface area contributed by atoms with Gasteiger partial charge in [-0.3, -0.25) is 19.5 Å². The predicted octanol–water partition coefficient (Wildman–Crippen LogP) is 3.23. The summed E-state index contributed by atoms with van der Waals surface area (Å²) in [6.45, 7) is 2.61. The van der Waals surface area contributed by atoms with Crippen LogP contribution in [0.3, 0.4) is 0 Å². The van der Waals surface area contributed by atoms with Crippen molar-refractivity contribution in [1.82, 2.24) is 24.8 Å². The first kappa shape index (κ1) is 21.5. The maximum Gasteiger partial charge on any atom is 0.257 e. The van der Waals surface area contributed by atoms with Crippen LogP contribution in [0.2, 0.25) is 0 Å². The van der Waals surface area contributed by atoms with E-state index in [0.717, 1.165) is 37.2 Å². The molecule has 0 radical (unpaired) electrons. The minimum Gasteiger partial charge on any atom is -0.328 e. The fourth-order valence-corrected chi connectivity index (χ4v) is 4.80. The van der Waals surface area contributed by atoms with Crippen molar-refractivity contribution in [2.75, 3.05) is 13.1 Å². The lowest BCUT2D eigenvalue weighted by Crippen LogP contribution is -2.41. The lowest BCUT2D eigenvalue weighted by Gasteiger charge is -2.36. The van der Waals surface area contributed by atoms with Crippen LogP contribution in [0, 0.1) is 5.82 Å². The molecule has 8 heteroatoms. The number of H-pyrrole nitrogens is 1. The summed E-state index contributed by atoms with van der Waals surface area (Å²) in [6, 6.07) is 9.62. The van der Waals surface area contributed by atoms with Crippen LogP contribution in [-0.2, 0) is 19.5 Å². The van der Waals surface area contributed by atoms with Gasteiger partial charge in [0.1, 0.15) is 11.6 Å². The van der Waals surface area contributed by atoms with Crippen LogP contribution in [0.4, 0.5) is 4.39 Å². The molecule has 0 bridgehead atoms. The molecule has 2 aliphatic heterocycles. The second-order valence-electron chi connectivity index (χ2n) is 8.68. The average molecular weight is 448 g/mol. The quantitative estimate of drug-likeness (QED) is 0.664. The predicted molar refractivity (Wildman–Crippen MR) is 121 cm³/mol. The Labute approximate surface area is 191 Å². The molecule has 0 spiro atoms. The van der Waals surface area contributed by atoms with E-state index in [1.54, 1.807) is 29.4 Å². The molecule has 2 aliphatic rings. The van der Waals surface area contributed by atoms with Crippen LogP contribution in [-0.4, -0.2) is 43.7 Å². The lowest BCUT2D eigenvalue weighted by molar-refractivity contribution is 0.0593. The van der Waals surface area contributed by atoms with Gasteiger partial charge >= 0.3 is 0 Å². The zero-order chi connectivity index (χ0) is 22.8. The smallest absolute Gasteiger partial charge is 0.257 e. The van der Waals surface area contributed by atoms with E-state index < -0.39 is 5.82 Å². The number of halogens is 1. The maximum atomic E-state index is 14.3. The second kappa shape index (κ2) is 9.23. The third-order valence-corrected chi connectivity index (χ3v) is 6.51. The normalized spacial score (nSPS) is 18.7. The number of hydrogen-bond acceptors (Lipinski definition) is 5. The number of benzene rings is 1. The van der Waals surface area contributed by atoms with Crippen molar-refractivity contribution >= 4 is 5.91 Å². The first-order chi connectivity index (χ1) is 16.1. The van der Waals surface area contributed by atoms with Crippen LogP contribution in [0.25, 0.3) is 0 Å². The van der Waals surface area contributed by atoms with E-state index in [1.807, 2.05) is 12.1 Å². The highest BCUT2D eigenvalue weighted by Crippen LogP contribution is 2.31. The Balaban J connectivity index is 1.42. The van der Waals surface area contributed by atoms with Gasteiger partial charge in [-0.2, -0.15) is 0 Å². The van der Waals surface area contributed by atoms with Crippen LogP contribution in [0.5, 0.6) is 0 Å². The van der Waals surface area contributed by atoms with E-state index >= 15 is 0 Å². The molecule has 7 nitrogen and oxygen atoms in total. The Hall–Kier alpha value is -3.39. The molecule has 1 fully saturated rings. The van der Waals surface area contributed by atoms with Gasteiger partial charge in [-0.05, 0) is 55.5 Å². The van der Waals surface area contributed by atoms with Gasteiger partial charge in [0.15, 0.2) is 0 Å². The summed E-state index contributed by atoms with van der Waals surface area (Å²) in [5, 5.41) is 0. The van der Waals surface area contributed by atoms with Gasteiger partial charge < -0.3 is 9.88 Å². The number of aromatic nitrogens is 3. The number of carbonyl (C=O) groups is 1. The van der Waals surface area contributed by atoms with E-state index in [0.29, 0.717) is 37.3 Å². The zero-order valence-corrected chi connectivity index (χ0v) is 18.3. The monoisotopic (exact) mass is 447 g/mol. The Morgan fingerprint density at radius 1 is 1.12 bits per heavy atom. The number of hydrogen-bond donors (Lipinski definition) is 1. The maximum absolute atomic E-state index is 14.3. The molecule has 0 aliphatic carbocycles. The van der Waals surface area contributed by atoms with Crippen LogP contribution in [0.15, 0.2) is 53.6 Å². The van der Waals surface area contributed by atoms with Gasteiger partial charge in [0.25, 0.3) is 11.5 Å². The first-order valence-corrected chi connectivity index (χ1v) is 11.4. The third-order valence-electron chi connectivity index (χ3n) is 6.51. The van der Waals surface area contributed by atoms with Gasteiger partial charge in [0.05, 0.1) is 17.3 Å². The molecule has 4 heterocycles. The number of nitrogens with one attached hydrogen (secondary N) is 1. The van der Waals surface area contributed by atoms with Crippen molar-refractivity contribution in [1.29, 1.82) is 0 Å². The summed E-state index contributed by atoms with van der Waals surface area (Å²) in [4.78, 5) is 41.9. The third kappa shape index (κ3) is 4.43. The Morgan fingerprint density at radius 2 is 1.94 bits per heavy atom. The number of aromatic amines is 1. The van der Waals surface area contributed by atoms with Gasteiger partial charge in [0.2, 0.25) is 0 Å². The number of likely N-dealkylation sites (tertiary alicyclic amines) is 1. The van der Waals surface area contributed by atoms with E-state index in [4.69, 9.17) is 4.98 Å². The lowest BCUT2D eigenvalue weighted by atomic mass is 9.99. The summed E-state index contributed by atoms with van der Waals surface area (Å²) >= 11 is 0. The molecular formula is C25H26FN5O2. The van der Waals surface area contributed by atoms with Gasteiger partial charge in [0, 0.05) is 44.1 Å². The molecule has 2 aromatic heterocycles. The van der Waals surface area contributed by atoms with E-state index in [2.05, 4.69) is 14.9 Å². The Kier molecular flexibility index (Phi) is 6.00. The fraction of sp³-hybridized carbons (Fsp3) is 0.360. The second-order valence-corrected chi connectivity index (χ2v) is 8.68. The SMILES string of the molecule is O=C(c1ccccc1F)N1CCCCC1c1nc2c(c(=O)[nH]1)CCN(Cc1ccncc1)C2. The average Bonchev–Trinajstić information content (AvgIpc) is 2.84. The highest BCUT2D eigenvalue weighted by Gasteiger charge is 2.33. The fourth-order valence-electron chi connectivity index (χ4n) is 4.80. The topological polar surface area (TPSA) is 82.2 Å². The molecule has 1 aromatic carbocycles. The molecular weight excluding hydrogens is 421 g/mol. The number of rotatable bonds is 4. The summed E-state index contributed by atoms with van der Waals surface area (Å²) in [6.07, 6.45) is 6.62. The van der Waals surface area contributed by atoms with E-state index in [9.17, 15) is 14.0 Å². The minimum atomic E-state index is -0.537. The standard InChI is InChI=1S/C25H26FN5O2/c26-20-6-2-1-5-18(20)25(33)31-13-4-3-7-22(31)23-28-21-16-30(14-10-19(21)24(32)29-23)15-17-8-11-27-12-9-17/h1-2,5-6,8-9,11-12,22H,3-4,7,10,13-16H2,(H,28,29,32). The van der Waals surface area contributed by atoms with Crippen molar-refractivity contribution < 1.29 is 9.18 Å². The zero-order valence-electron chi connectivity index (χ0n) is 18.3. The highest BCUT2D eigenvalue weighted by molar-refractivity contribution is 5.94. The van der Waals surface area contributed by atoms with Gasteiger partial charge in [-0.1, -0.05) is 12.1 Å². The summed E-state index contributed by atoms with van der Waals surface area (Å²) in [5.74, 6) is -0.406. The number of piperidine rings is 1. The molecule has 1 saturated heterocycles. The molecule has 3 aromatic rings. The number of amides is 1. The van der Waals surface area contributed by atoms with E-state index in [-0.39, 0.29) is 23.1 Å². The van der Waals surface area contributed by atoms with Gasteiger partial charge in [-0.15, -0.1) is 0 Å². The van der Waals surface area contributed by atoms with Gasteiger partial charge in [-0.25, -0.2) is 9.37 Å². The molecule has 1 unspecified atom stereocenters. The molecule has 1 N–H and O–H groups in total.